The van der Waals surface area contributed by atoms with E-state index in [4.69, 9.17) is 21.1 Å². The van der Waals surface area contributed by atoms with E-state index < -0.39 is 5.60 Å². The molecule has 0 saturated carbocycles. The molecule has 0 unspecified atom stereocenters. The minimum absolute atomic E-state index is 0.339. The second kappa shape index (κ2) is 6.67. The lowest BCUT2D eigenvalue weighted by Crippen LogP contribution is -2.42. The van der Waals surface area contributed by atoms with Crippen molar-refractivity contribution in [3.05, 3.63) is 28.8 Å². The summed E-state index contributed by atoms with van der Waals surface area (Å²) in [5, 5.41) is 3.80. The lowest BCUT2D eigenvalue weighted by Gasteiger charge is -2.36. The summed E-state index contributed by atoms with van der Waals surface area (Å²) in [6.45, 7) is 5.91. The number of nitrogens with one attached hydrogen (secondary N) is 1. The summed E-state index contributed by atoms with van der Waals surface area (Å²) in [5.74, 6) is 0.510. The number of hydrogen-bond acceptors (Lipinski definition) is 4. The van der Waals surface area contributed by atoms with Crippen LogP contribution < -0.4 is 10.1 Å². The molecule has 5 heteroatoms. The number of esters is 1. The molecule has 1 aliphatic rings. The van der Waals surface area contributed by atoms with Gasteiger partial charge in [0, 0.05) is 5.92 Å². The molecule has 1 aromatic carbocycles. The van der Waals surface area contributed by atoms with Crippen molar-refractivity contribution in [3.8, 4) is 5.75 Å². The zero-order chi connectivity index (χ0) is 15.5. The zero-order valence-corrected chi connectivity index (χ0v) is 13.5. The topological polar surface area (TPSA) is 47.6 Å². The van der Waals surface area contributed by atoms with Crippen molar-refractivity contribution in [2.45, 2.75) is 32.3 Å². The van der Waals surface area contributed by atoms with E-state index in [1.807, 2.05) is 13.8 Å². The minimum atomic E-state index is -0.480. The van der Waals surface area contributed by atoms with Crippen LogP contribution in [0.1, 0.15) is 37.0 Å². The van der Waals surface area contributed by atoms with Crippen LogP contribution in [0.25, 0.3) is 0 Å². The molecule has 1 heterocycles. The van der Waals surface area contributed by atoms with Crippen LogP contribution in [0.3, 0.4) is 0 Å². The molecule has 0 spiro atoms. The molecule has 2 rings (SSSR count). The molecule has 0 radical (unpaired) electrons. The van der Waals surface area contributed by atoms with Crippen molar-refractivity contribution in [3.63, 3.8) is 0 Å². The minimum Gasteiger partial charge on any atom is -0.495 e. The average molecular weight is 312 g/mol. The molecule has 1 fully saturated rings. The van der Waals surface area contributed by atoms with E-state index >= 15 is 0 Å². The zero-order valence-electron chi connectivity index (χ0n) is 12.7. The Kier molecular flexibility index (Phi) is 5.12. The van der Waals surface area contributed by atoms with Crippen LogP contribution in [-0.4, -0.2) is 31.8 Å². The van der Waals surface area contributed by atoms with Crippen molar-refractivity contribution in [1.29, 1.82) is 0 Å². The summed E-state index contributed by atoms with van der Waals surface area (Å²) < 4.78 is 10.9. The summed E-state index contributed by atoms with van der Waals surface area (Å²) >= 11 is 5.97. The van der Waals surface area contributed by atoms with Crippen LogP contribution in [0.4, 0.5) is 0 Å². The number of benzene rings is 1. The van der Waals surface area contributed by atoms with Gasteiger partial charge in [-0.3, -0.25) is 0 Å². The van der Waals surface area contributed by atoms with Gasteiger partial charge in [-0.05, 0) is 58.0 Å². The first-order valence-corrected chi connectivity index (χ1v) is 7.59. The third-order valence-corrected chi connectivity index (χ3v) is 4.38. The molecule has 1 aliphatic heterocycles. The molecule has 116 valence electrons. The van der Waals surface area contributed by atoms with Crippen LogP contribution in [0.2, 0.25) is 5.02 Å². The van der Waals surface area contributed by atoms with Gasteiger partial charge in [0.25, 0.3) is 0 Å². The number of ether oxygens (including phenoxy) is 2. The molecule has 1 aromatic rings. The highest BCUT2D eigenvalue weighted by molar-refractivity contribution is 6.32. The quantitative estimate of drug-likeness (QED) is 0.867. The Balaban J connectivity index is 2.09. The monoisotopic (exact) mass is 311 g/mol. The van der Waals surface area contributed by atoms with E-state index in [0.29, 0.717) is 22.3 Å². The fourth-order valence-electron chi connectivity index (χ4n) is 2.69. The van der Waals surface area contributed by atoms with Crippen molar-refractivity contribution in [2.24, 2.45) is 5.92 Å². The first-order chi connectivity index (χ1) is 9.94. The largest absolute Gasteiger partial charge is 0.495 e. The highest BCUT2D eigenvalue weighted by Gasteiger charge is 2.34. The molecule has 0 amide bonds. The third-order valence-electron chi connectivity index (χ3n) is 4.06. The summed E-state index contributed by atoms with van der Waals surface area (Å²) in [6, 6.07) is 4.92. The summed E-state index contributed by atoms with van der Waals surface area (Å²) in [5.41, 5.74) is -0.0234. The first-order valence-electron chi connectivity index (χ1n) is 7.21. The lowest BCUT2D eigenvalue weighted by molar-refractivity contribution is -0.0368. The van der Waals surface area contributed by atoms with Gasteiger partial charge in [0.15, 0.2) is 0 Å². The SMILES string of the molecule is COc1cc(C(=O)OC(C)(C)C2CCNCC2)ccc1Cl. The number of carbonyl (C=O) groups is 1. The molecular formula is C16H22ClNO3. The van der Waals surface area contributed by atoms with Crippen molar-refractivity contribution < 1.29 is 14.3 Å². The molecule has 0 atom stereocenters. The van der Waals surface area contributed by atoms with E-state index in [2.05, 4.69) is 5.32 Å². The van der Waals surface area contributed by atoms with Gasteiger partial charge in [0.1, 0.15) is 11.4 Å². The van der Waals surface area contributed by atoms with Crippen LogP contribution in [0.5, 0.6) is 5.75 Å². The Morgan fingerprint density at radius 2 is 2.00 bits per heavy atom. The standard InChI is InChI=1S/C16H22ClNO3/c1-16(2,12-6-8-18-9-7-12)21-15(19)11-4-5-13(17)14(10-11)20-3/h4-5,10,12,18H,6-9H2,1-3H3. The molecule has 0 aromatic heterocycles. The highest BCUT2D eigenvalue weighted by Crippen LogP contribution is 2.31. The van der Waals surface area contributed by atoms with E-state index in [9.17, 15) is 4.79 Å². The van der Waals surface area contributed by atoms with E-state index in [-0.39, 0.29) is 5.97 Å². The predicted octanol–water partition coefficient (Wildman–Crippen LogP) is 3.28. The molecule has 4 nitrogen and oxygen atoms in total. The number of methoxy groups -OCH3 is 1. The molecule has 0 bridgehead atoms. The second-order valence-electron chi connectivity index (χ2n) is 5.87. The maximum absolute atomic E-state index is 12.3. The maximum Gasteiger partial charge on any atom is 0.338 e. The lowest BCUT2D eigenvalue weighted by atomic mass is 9.83. The van der Waals surface area contributed by atoms with Gasteiger partial charge in [0.05, 0.1) is 17.7 Å². The van der Waals surface area contributed by atoms with Gasteiger partial charge >= 0.3 is 5.97 Å². The van der Waals surface area contributed by atoms with E-state index in [0.717, 1.165) is 25.9 Å². The number of halogens is 1. The molecule has 21 heavy (non-hydrogen) atoms. The van der Waals surface area contributed by atoms with Crippen molar-refractivity contribution in [1.82, 2.24) is 5.32 Å². The van der Waals surface area contributed by atoms with Crippen molar-refractivity contribution >= 4 is 17.6 Å². The Morgan fingerprint density at radius 3 is 2.62 bits per heavy atom. The van der Waals surface area contributed by atoms with Crippen molar-refractivity contribution in [2.75, 3.05) is 20.2 Å². The molecular weight excluding hydrogens is 290 g/mol. The van der Waals surface area contributed by atoms with Gasteiger partial charge in [-0.1, -0.05) is 11.6 Å². The summed E-state index contributed by atoms with van der Waals surface area (Å²) in [7, 11) is 1.52. The summed E-state index contributed by atoms with van der Waals surface area (Å²) in [4.78, 5) is 12.3. The number of carbonyl (C=O) groups excluding carboxylic acids is 1. The Hall–Kier alpha value is -1.26. The van der Waals surface area contributed by atoms with E-state index in [1.165, 1.54) is 7.11 Å². The van der Waals surface area contributed by atoms with Gasteiger partial charge in [0.2, 0.25) is 0 Å². The first kappa shape index (κ1) is 16.1. The van der Waals surface area contributed by atoms with Gasteiger partial charge in [-0.25, -0.2) is 4.79 Å². The normalized spacial score (nSPS) is 16.6. The molecule has 0 aliphatic carbocycles. The van der Waals surface area contributed by atoms with Crippen LogP contribution in [0.15, 0.2) is 18.2 Å². The Morgan fingerprint density at radius 1 is 1.33 bits per heavy atom. The second-order valence-corrected chi connectivity index (χ2v) is 6.27. The van der Waals surface area contributed by atoms with Crippen LogP contribution >= 0.6 is 11.6 Å². The van der Waals surface area contributed by atoms with Crippen LogP contribution in [-0.2, 0) is 4.74 Å². The molecule has 1 N–H and O–H groups in total. The fraction of sp³-hybridized carbons (Fsp3) is 0.562. The smallest absolute Gasteiger partial charge is 0.338 e. The Bertz CT molecular complexity index is 510. The van der Waals surface area contributed by atoms with Crippen LogP contribution in [0, 0.1) is 5.92 Å². The van der Waals surface area contributed by atoms with Gasteiger partial charge < -0.3 is 14.8 Å². The van der Waals surface area contributed by atoms with E-state index in [1.54, 1.807) is 18.2 Å². The number of rotatable bonds is 4. The third kappa shape index (κ3) is 3.89. The van der Waals surface area contributed by atoms with Gasteiger partial charge in [-0.2, -0.15) is 0 Å². The maximum atomic E-state index is 12.3. The van der Waals surface area contributed by atoms with Gasteiger partial charge in [-0.15, -0.1) is 0 Å². The number of hydrogen-bond donors (Lipinski definition) is 1. The summed E-state index contributed by atoms with van der Waals surface area (Å²) in [6.07, 6.45) is 2.04. The highest BCUT2D eigenvalue weighted by atomic mass is 35.5. The average Bonchev–Trinajstić information content (AvgIpc) is 2.48. The molecule has 1 saturated heterocycles. The fourth-order valence-corrected chi connectivity index (χ4v) is 2.88. The number of piperidine rings is 1. The Labute approximate surface area is 130 Å². The predicted molar refractivity (Wildman–Crippen MR) is 83.1 cm³/mol.